The Balaban J connectivity index is 1.81. The van der Waals surface area contributed by atoms with Crippen LogP contribution < -0.4 is 10.6 Å². The molecule has 1 fully saturated rings. The van der Waals surface area contributed by atoms with E-state index in [4.69, 9.17) is 0 Å². The van der Waals surface area contributed by atoms with Crippen LogP contribution in [0, 0.1) is 5.92 Å². The second kappa shape index (κ2) is 7.06. The van der Waals surface area contributed by atoms with Crippen molar-refractivity contribution in [2.24, 2.45) is 5.92 Å². The number of aromatic nitrogens is 1. The molecule has 0 unspecified atom stereocenters. The minimum absolute atomic E-state index is 0.0186. The molecule has 2 heterocycles. The summed E-state index contributed by atoms with van der Waals surface area (Å²) in [6.07, 6.45) is 4.69. The average Bonchev–Trinajstić information content (AvgIpc) is 2.47. The van der Waals surface area contributed by atoms with Gasteiger partial charge >= 0.3 is 6.03 Å². The summed E-state index contributed by atoms with van der Waals surface area (Å²) in [5.74, 6) is -0.0219. The van der Waals surface area contributed by atoms with Gasteiger partial charge in [-0.25, -0.2) is 4.79 Å². The molecule has 1 aliphatic heterocycles. The lowest BCUT2D eigenvalue weighted by Crippen LogP contribution is -2.47. The van der Waals surface area contributed by atoms with E-state index in [0.29, 0.717) is 25.9 Å². The Morgan fingerprint density at radius 1 is 1.24 bits per heavy atom. The Hall–Kier alpha value is -2.11. The van der Waals surface area contributed by atoms with E-state index in [1.807, 2.05) is 13.8 Å². The van der Waals surface area contributed by atoms with Gasteiger partial charge in [-0.1, -0.05) is 0 Å². The number of carbonyl (C=O) groups excluding carboxylic acids is 2. The lowest BCUT2D eigenvalue weighted by molar-refractivity contribution is -0.121. The molecule has 0 saturated carbocycles. The molecule has 0 bridgehead atoms. The van der Waals surface area contributed by atoms with Crippen molar-refractivity contribution in [3.63, 3.8) is 0 Å². The monoisotopic (exact) mass is 290 g/mol. The number of amides is 3. The molecule has 3 amide bonds. The van der Waals surface area contributed by atoms with E-state index in [1.54, 1.807) is 29.4 Å². The zero-order chi connectivity index (χ0) is 15.2. The molecule has 0 spiro atoms. The number of nitrogens with one attached hydrogen (secondary N) is 2. The van der Waals surface area contributed by atoms with Gasteiger partial charge in [-0.3, -0.25) is 9.78 Å². The molecule has 1 aliphatic rings. The van der Waals surface area contributed by atoms with Crippen LogP contribution in [0.25, 0.3) is 0 Å². The first-order chi connectivity index (χ1) is 10.1. The highest BCUT2D eigenvalue weighted by molar-refractivity contribution is 5.92. The predicted molar refractivity (Wildman–Crippen MR) is 80.8 cm³/mol. The van der Waals surface area contributed by atoms with Crippen molar-refractivity contribution in [2.45, 2.75) is 32.7 Å². The molecule has 6 nitrogen and oxygen atoms in total. The van der Waals surface area contributed by atoms with E-state index in [1.165, 1.54) is 0 Å². The summed E-state index contributed by atoms with van der Waals surface area (Å²) < 4.78 is 0. The van der Waals surface area contributed by atoms with Gasteiger partial charge in [0.15, 0.2) is 0 Å². The maximum Gasteiger partial charge on any atom is 0.317 e. The molecule has 0 aliphatic carbocycles. The van der Waals surface area contributed by atoms with E-state index in [-0.39, 0.29) is 23.9 Å². The maximum atomic E-state index is 12.2. The zero-order valence-corrected chi connectivity index (χ0v) is 12.5. The van der Waals surface area contributed by atoms with Gasteiger partial charge < -0.3 is 15.5 Å². The lowest BCUT2D eigenvalue weighted by Gasteiger charge is -2.31. The summed E-state index contributed by atoms with van der Waals surface area (Å²) in [7, 11) is 0. The molecular formula is C15H22N4O2. The Morgan fingerprint density at radius 2 is 1.86 bits per heavy atom. The maximum absolute atomic E-state index is 12.2. The number of anilines is 1. The summed E-state index contributed by atoms with van der Waals surface area (Å²) in [6.45, 7) is 5.11. The van der Waals surface area contributed by atoms with E-state index in [0.717, 1.165) is 5.69 Å². The topological polar surface area (TPSA) is 74.3 Å². The number of hydrogen-bond donors (Lipinski definition) is 2. The van der Waals surface area contributed by atoms with Gasteiger partial charge in [-0.2, -0.15) is 0 Å². The average molecular weight is 290 g/mol. The first kappa shape index (κ1) is 15.3. The van der Waals surface area contributed by atoms with Crippen molar-refractivity contribution in [2.75, 3.05) is 18.4 Å². The molecule has 1 saturated heterocycles. The first-order valence-electron chi connectivity index (χ1n) is 7.32. The standard InChI is InChI=1S/C15H22N4O2/c1-11(2)17-15(21)19-9-5-12(6-10-19)14(20)18-13-3-7-16-8-4-13/h3-4,7-8,11-12H,5-6,9-10H2,1-2H3,(H,17,21)(H,16,18,20). The van der Waals surface area contributed by atoms with Crippen molar-refractivity contribution >= 4 is 17.6 Å². The number of carbonyl (C=O) groups is 2. The number of likely N-dealkylation sites (tertiary alicyclic amines) is 1. The van der Waals surface area contributed by atoms with Gasteiger partial charge in [0.1, 0.15) is 0 Å². The number of rotatable bonds is 3. The summed E-state index contributed by atoms with van der Waals surface area (Å²) >= 11 is 0. The fraction of sp³-hybridized carbons (Fsp3) is 0.533. The number of piperidine rings is 1. The fourth-order valence-electron chi connectivity index (χ4n) is 2.36. The van der Waals surface area contributed by atoms with Gasteiger partial charge in [0.05, 0.1) is 0 Å². The molecule has 114 valence electrons. The van der Waals surface area contributed by atoms with Gasteiger partial charge in [0.2, 0.25) is 5.91 Å². The van der Waals surface area contributed by atoms with Crippen LogP contribution in [0.4, 0.5) is 10.5 Å². The van der Waals surface area contributed by atoms with Gasteiger partial charge in [0, 0.05) is 43.1 Å². The summed E-state index contributed by atoms with van der Waals surface area (Å²) in [6, 6.07) is 3.62. The summed E-state index contributed by atoms with van der Waals surface area (Å²) in [5, 5.41) is 5.77. The van der Waals surface area contributed by atoms with Gasteiger partial charge in [0.25, 0.3) is 0 Å². The molecule has 0 aromatic carbocycles. The van der Waals surface area contributed by atoms with Crippen molar-refractivity contribution in [3.05, 3.63) is 24.5 Å². The molecule has 6 heteroatoms. The molecule has 0 radical (unpaired) electrons. The molecule has 2 rings (SSSR count). The largest absolute Gasteiger partial charge is 0.336 e. The molecule has 1 aromatic heterocycles. The lowest BCUT2D eigenvalue weighted by atomic mass is 9.96. The van der Waals surface area contributed by atoms with Crippen LogP contribution in [0.2, 0.25) is 0 Å². The van der Waals surface area contributed by atoms with Crippen LogP contribution in [0.5, 0.6) is 0 Å². The van der Waals surface area contributed by atoms with Crippen LogP contribution in [0.1, 0.15) is 26.7 Å². The third kappa shape index (κ3) is 4.44. The molecular weight excluding hydrogens is 268 g/mol. The highest BCUT2D eigenvalue weighted by Gasteiger charge is 2.27. The van der Waals surface area contributed by atoms with Crippen LogP contribution in [0.3, 0.4) is 0 Å². The quantitative estimate of drug-likeness (QED) is 0.892. The number of urea groups is 1. The van der Waals surface area contributed by atoms with Crippen LogP contribution in [-0.4, -0.2) is 41.0 Å². The Morgan fingerprint density at radius 3 is 2.43 bits per heavy atom. The summed E-state index contributed by atoms with van der Waals surface area (Å²) in [4.78, 5) is 29.7. The van der Waals surface area contributed by atoms with Crippen LogP contribution in [0.15, 0.2) is 24.5 Å². The van der Waals surface area contributed by atoms with Crippen molar-refractivity contribution in [3.8, 4) is 0 Å². The van der Waals surface area contributed by atoms with Crippen molar-refractivity contribution in [1.82, 2.24) is 15.2 Å². The SMILES string of the molecule is CC(C)NC(=O)N1CCC(C(=O)Nc2ccncc2)CC1. The number of hydrogen-bond acceptors (Lipinski definition) is 3. The van der Waals surface area contributed by atoms with Crippen molar-refractivity contribution < 1.29 is 9.59 Å². The predicted octanol–water partition coefficient (Wildman–Crippen LogP) is 1.85. The molecule has 1 aromatic rings. The molecule has 21 heavy (non-hydrogen) atoms. The number of pyridine rings is 1. The zero-order valence-electron chi connectivity index (χ0n) is 12.5. The minimum atomic E-state index is -0.0435. The Bertz CT molecular complexity index is 482. The second-order valence-corrected chi connectivity index (χ2v) is 5.59. The fourth-order valence-corrected chi connectivity index (χ4v) is 2.36. The highest BCUT2D eigenvalue weighted by atomic mass is 16.2. The Kier molecular flexibility index (Phi) is 5.14. The second-order valence-electron chi connectivity index (χ2n) is 5.59. The van der Waals surface area contributed by atoms with E-state index in [2.05, 4.69) is 15.6 Å². The number of nitrogens with zero attached hydrogens (tertiary/aromatic N) is 2. The van der Waals surface area contributed by atoms with Crippen LogP contribution in [-0.2, 0) is 4.79 Å². The smallest absolute Gasteiger partial charge is 0.317 e. The Labute approximate surface area is 124 Å². The van der Waals surface area contributed by atoms with Crippen LogP contribution >= 0.6 is 0 Å². The normalized spacial score (nSPS) is 15.9. The van der Waals surface area contributed by atoms with Gasteiger partial charge in [-0.05, 0) is 38.8 Å². The van der Waals surface area contributed by atoms with E-state index >= 15 is 0 Å². The first-order valence-corrected chi connectivity index (χ1v) is 7.32. The van der Waals surface area contributed by atoms with Crippen molar-refractivity contribution in [1.29, 1.82) is 0 Å². The van der Waals surface area contributed by atoms with E-state index < -0.39 is 0 Å². The third-order valence-corrected chi connectivity index (χ3v) is 3.51. The molecule has 0 atom stereocenters. The van der Waals surface area contributed by atoms with E-state index in [9.17, 15) is 9.59 Å². The minimum Gasteiger partial charge on any atom is -0.336 e. The third-order valence-electron chi connectivity index (χ3n) is 3.51. The molecule has 2 N–H and O–H groups in total. The summed E-state index contributed by atoms with van der Waals surface area (Å²) in [5.41, 5.74) is 0.759. The van der Waals surface area contributed by atoms with Gasteiger partial charge in [-0.15, -0.1) is 0 Å². The highest BCUT2D eigenvalue weighted by Crippen LogP contribution is 2.19.